The van der Waals surface area contributed by atoms with Crippen LogP contribution in [0.4, 0.5) is 0 Å². The average Bonchev–Trinajstić information content (AvgIpc) is 0.899. The lowest BCUT2D eigenvalue weighted by Crippen LogP contribution is -2.30. The number of hydrogen-bond acceptors (Lipinski definition) is 15. The second-order valence-corrected chi connectivity index (χ2v) is 28.0. The second-order valence-electron chi connectivity index (χ2n) is 25.1. The summed E-state index contributed by atoms with van der Waals surface area (Å²) < 4.78 is 68.3. The Labute approximate surface area is 662 Å². The Morgan fingerprint density at radius 2 is 0.500 bits per heavy atom. The van der Waals surface area contributed by atoms with Crippen molar-refractivity contribution in [1.29, 1.82) is 0 Å². The highest BCUT2D eigenvalue weighted by Gasteiger charge is 2.30. The van der Waals surface area contributed by atoms with Crippen LogP contribution in [0.3, 0.4) is 0 Å². The van der Waals surface area contributed by atoms with E-state index >= 15 is 0 Å². The normalized spacial score (nSPS) is 15.2. The summed E-state index contributed by atoms with van der Waals surface area (Å²) in [6.07, 6.45) is 106. The predicted octanol–water partition coefficient (Wildman–Crippen LogP) is 23.8. The molecule has 0 amide bonds. The van der Waals surface area contributed by atoms with Crippen LogP contribution in [-0.2, 0) is 65.4 Å². The number of carbonyl (C=O) groups excluding carboxylic acids is 4. The van der Waals surface area contributed by atoms with Gasteiger partial charge >= 0.3 is 39.5 Å². The minimum atomic E-state index is -5.04. The molecule has 5 unspecified atom stereocenters. The van der Waals surface area contributed by atoms with Gasteiger partial charge < -0.3 is 33.8 Å². The molecule has 0 saturated carbocycles. The fraction of sp³-hybridized carbons (Fsp3) is 0.495. The van der Waals surface area contributed by atoms with Crippen molar-refractivity contribution in [3.05, 3.63) is 255 Å². The van der Waals surface area contributed by atoms with Gasteiger partial charge in [-0.2, -0.15) is 0 Å². The van der Waals surface area contributed by atoms with Gasteiger partial charge in [-0.1, -0.05) is 296 Å². The third-order valence-corrected chi connectivity index (χ3v) is 17.0. The number of phosphoric ester groups is 2. The van der Waals surface area contributed by atoms with E-state index < -0.39 is 97.5 Å². The zero-order valence-electron chi connectivity index (χ0n) is 66.8. The number of phosphoric acid groups is 2. The summed E-state index contributed by atoms with van der Waals surface area (Å²) in [6.45, 7) is 4.03. The van der Waals surface area contributed by atoms with Gasteiger partial charge in [-0.3, -0.25) is 37.3 Å². The molecule has 0 aliphatic rings. The molecule has 0 heterocycles. The van der Waals surface area contributed by atoms with Crippen LogP contribution in [-0.4, -0.2) is 96.7 Å². The van der Waals surface area contributed by atoms with Gasteiger partial charge in [-0.25, -0.2) is 9.13 Å². The van der Waals surface area contributed by atoms with Crippen molar-refractivity contribution in [2.24, 2.45) is 0 Å². The highest BCUT2D eigenvalue weighted by molar-refractivity contribution is 7.47. The SMILES string of the molecule is CC/C=C\C/C=C\C/C=C\C/C=C\C/C=C\C/C=C\CCC(=O)OCC(COP(=O)(O)OCC(O)COP(=O)(O)OCC(COC(=O)CC/C=C\C/C=C\C/C=C\C/C=C\C/C=C\C/C=C\CC)OC(=O)CCCCCC/C=C\C/C=C\C/C=C\C/C=C\CC)OC(=O)C/C=C\C/C=C\C/C=C\C/C=C\C/C=C\CC. The molecule has 19 heteroatoms. The van der Waals surface area contributed by atoms with Crippen LogP contribution in [0.15, 0.2) is 255 Å². The molecule has 612 valence electrons. The molecule has 3 N–H and O–H groups in total. The van der Waals surface area contributed by atoms with E-state index in [9.17, 15) is 43.2 Å². The van der Waals surface area contributed by atoms with Crippen LogP contribution >= 0.6 is 15.6 Å². The third-order valence-electron chi connectivity index (χ3n) is 15.1. The van der Waals surface area contributed by atoms with Crippen LogP contribution in [0, 0.1) is 0 Å². The highest BCUT2D eigenvalue weighted by atomic mass is 31.2. The number of ether oxygens (including phenoxy) is 4. The number of esters is 4. The summed E-state index contributed by atoms with van der Waals surface area (Å²) in [7, 11) is -10.1. The largest absolute Gasteiger partial charge is 0.472 e. The number of aliphatic hydroxyl groups is 1. The van der Waals surface area contributed by atoms with Crippen LogP contribution in [0.2, 0.25) is 0 Å². The Hall–Kier alpha value is -7.40. The summed E-state index contributed by atoms with van der Waals surface area (Å²) in [5, 5.41) is 10.6. The van der Waals surface area contributed by atoms with Crippen molar-refractivity contribution < 1.29 is 80.2 Å². The van der Waals surface area contributed by atoms with Crippen LogP contribution in [0.25, 0.3) is 0 Å². The number of rotatable bonds is 71. The maximum Gasteiger partial charge on any atom is 0.472 e. The molecule has 5 atom stereocenters. The van der Waals surface area contributed by atoms with E-state index in [1.165, 1.54) is 0 Å². The van der Waals surface area contributed by atoms with E-state index in [2.05, 4.69) is 222 Å². The smallest absolute Gasteiger partial charge is 0.462 e. The quantitative estimate of drug-likeness (QED) is 0.0169. The molecule has 0 bridgehead atoms. The first-order valence-electron chi connectivity index (χ1n) is 39.9. The second kappa shape index (κ2) is 79.7. The molecule has 0 radical (unpaired) electrons. The molecule has 110 heavy (non-hydrogen) atoms. The molecule has 0 spiro atoms. The zero-order chi connectivity index (χ0) is 80.3. The molecule has 0 fully saturated rings. The molecular formula is C91H136O17P2. The first-order chi connectivity index (χ1) is 53.7. The summed E-state index contributed by atoms with van der Waals surface area (Å²) in [5.74, 6) is -2.59. The van der Waals surface area contributed by atoms with E-state index in [0.29, 0.717) is 38.5 Å². The van der Waals surface area contributed by atoms with Gasteiger partial charge in [0.25, 0.3) is 0 Å². The van der Waals surface area contributed by atoms with Gasteiger partial charge in [0.1, 0.15) is 19.3 Å². The molecule has 17 nitrogen and oxygen atoms in total. The lowest BCUT2D eigenvalue weighted by atomic mass is 10.1. The monoisotopic (exact) mass is 1560 g/mol. The molecule has 0 aromatic carbocycles. The molecule has 0 aromatic heterocycles. The number of allylic oxidation sites excluding steroid dienone is 41. The first-order valence-corrected chi connectivity index (χ1v) is 42.9. The lowest BCUT2D eigenvalue weighted by molar-refractivity contribution is -0.161. The number of unbranched alkanes of at least 4 members (excludes halogenated alkanes) is 4. The maximum atomic E-state index is 13.1. The number of aliphatic hydroxyl groups excluding tert-OH is 1. The van der Waals surface area contributed by atoms with E-state index in [1.54, 1.807) is 12.2 Å². The molecule has 0 aromatic rings. The Balaban J connectivity index is 5.63. The Morgan fingerprint density at radius 1 is 0.264 bits per heavy atom. The zero-order valence-corrected chi connectivity index (χ0v) is 68.6. The predicted molar refractivity (Wildman–Crippen MR) is 454 cm³/mol. The molecule has 0 rings (SSSR count). The fourth-order valence-corrected chi connectivity index (χ4v) is 10.7. The Bertz CT molecular complexity index is 3100. The summed E-state index contributed by atoms with van der Waals surface area (Å²) in [4.78, 5) is 73.0. The highest BCUT2D eigenvalue weighted by Crippen LogP contribution is 2.45. The van der Waals surface area contributed by atoms with E-state index in [1.807, 2.05) is 48.6 Å². The summed E-state index contributed by atoms with van der Waals surface area (Å²) in [6, 6.07) is 0. The van der Waals surface area contributed by atoms with Crippen LogP contribution in [0.1, 0.15) is 233 Å². The van der Waals surface area contributed by atoms with Crippen LogP contribution in [0.5, 0.6) is 0 Å². The molecule has 0 aliphatic heterocycles. The number of hydrogen-bond donors (Lipinski definition) is 3. The van der Waals surface area contributed by atoms with Crippen molar-refractivity contribution >= 4 is 39.5 Å². The van der Waals surface area contributed by atoms with Gasteiger partial charge in [0.05, 0.1) is 32.8 Å². The van der Waals surface area contributed by atoms with Gasteiger partial charge in [-0.05, 0) is 167 Å². The minimum Gasteiger partial charge on any atom is -0.462 e. The van der Waals surface area contributed by atoms with Crippen molar-refractivity contribution in [3.8, 4) is 0 Å². The van der Waals surface area contributed by atoms with E-state index in [4.69, 9.17) is 37.0 Å². The topological polar surface area (TPSA) is 237 Å². The molecular weight excluding hydrogens is 1430 g/mol. The van der Waals surface area contributed by atoms with E-state index in [-0.39, 0.29) is 25.7 Å². The maximum absolute atomic E-state index is 13.1. The first kappa shape index (κ1) is 103. The fourth-order valence-electron chi connectivity index (χ4n) is 9.16. The van der Waals surface area contributed by atoms with Crippen molar-refractivity contribution in [1.82, 2.24) is 0 Å². The lowest BCUT2D eigenvalue weighted by Gasteiger charge is -2.21. The van der Waals surface area contributed by atoms with Crippen molar-refractivity contribution in [3.63, 3.8) is 0 Å². The number of carbonyl (C=O) groups is 4. The van der Waals surface area contributed by atoms with Crippen molar-refractivity contribution in [2.75, 3.05) is 39.6 Å². The average molecular weight is 1560 g/mol. The van der Waals surface area contributed by atoms with Gasteiger partial charge in [0.15, 0.2) is 12.2 Å². The standard InChI is InChI=1S/C91H136O17P2/c1-5-9-13-17-21-25-29-33-37-40-42-45-48-51-55-59-63-67-71-75-88(93)101-81-86(107-90(95)77-73-69-65-61-57-53-47-36-32-28-24-20-16-12-8-4)83-105-109(97,98)103-79-85(92)80-104-110(99,100)106-84-87(108-91(96)78-74-70-66-62-58-54-50-44-39-35-31-27-23-19-15-11-7-3)82-102-89(94)76-72-68-64-60-56-52-49-46-43-41-38-34-30-26-22-18-14-10-6-2/h9-16,21-28,33-39,42-43,45-47,50-52,54-57,61,63-64,67-69,73,85-87,92H,5-8,17-20,29-32,40-41,44,48-49,53,58-60,62,65-66,70-72,74-84H2,1-4H3,(H,97,98)(H,99,100)/b13-9-,14-10-,15-11-,16-12-,25-21-,26-22-,27-23-,28-24-,37-33-,38-34-,39-35-,45-42-,46-43-,47-36-,54-50-,55-51-,56-52-,61-57-,67-63-,68-64-,73-69-. The van der Waals surface area contributed by atoms with Gasteiger partial charge in [0, 0.05) is 19.3 Å². The van der Waals surface area contributed by atoms with Crippen molar-refractivity contribution in [2.45, 2.75) is 251 Å². The third kappa shape index (κ3) is 78.7. The molecule has 0 saturated heterocycles. The summed E-state index contributed by atoms with van der Waals surface area (Å²) in [5.41, 5.74) is 0. The van der Waals surface area contributed by atoms with Gasteiger partial charge in [-0.15, -0.1) is 0 Å². The minimum absolute atomic E-state index is 0.00268. The molecule has 0 aliphatic carbocycles. The van der Waals surface area contributed by atoms with E-state index in [0.717, 1.165) is 141 Å². The van der Waals surface area contributed by atoms with Gasteiger partial charge in [0.2, 0.25) is 0 Å². The summed E-state index contributed by atoms with van der Waals surface area (Å²) >= 11 is 0. The Kier molecular flexibility index (Phi) is 74.3. The Morgan fingerprint density at radius 3 is 0.791 bits per heavy atom. The van der Waals surface area contributed by atoms with Crippen LogP contribution < -0.4 is 0 Å².